The normalized spacial score (nSPS) is 11.0. The summed E-state index contributed by atoms with van der Waals surface area (Å²) in [6, 6.07) is 10.6. The molecule has 2 aromatic rings. The molecule has 1 amide bonds. The number of carbonyl (C=O) groups is 1. The molecule has 7 nitrogen and oxygen atoms in total. The average molecular weight is 443 g/mol. The van der Waals surface area contributed by atoms with Crippen LogP contribution in [0.25, 0.3) is 0 Å². The highest BCUT2D eigenvalue weighted by molar-refractivity contribution is 9.10. The summed E-state index contributed by atoms with van der Waals surface area (Å²) in [5.74, 6) is 0.217. The second-order valence-corrected chi connectivity index (χ2v) is 7.77. The fraction of sp³-hybridized carbons (Fsp3) is 0.235. The van der Waals surface area contributed by atoms with Crippen LogP contribution >= 0.6 is 15.9 Å². The molecule has 0 saturated heterocycles. The first-order valence-electron chi connectivity index (χ1n) is 7.61. The van der Waals surface area contributed by atoms with Gasteiger partial charge in [-0.1, -0.05) is 6.07 Å². The zero-order valence-corrected chi connectivity index (χ0v) is 16.7. The third kappa shape index (κ3) is 5.20. The number of methoxy groups -OCH3 is 2. The van der Waals surface area contributed by atoms with Gasteiger partial charge in [0, 0.05) is 19.2 Å². The minimum Gasteiger partial charge on any atom is -0.496 e. The lowest BCUT2D eigenvalue weighted by molar-refractivity contribution is 0.0937. The molecular formula is C17H19BrN2O5S. The van der Waals surface area contributed by atoms with Gasteiger partial charge in [-0.15, -0.1) is 0 Å². The summed E-state index contributed by atoms with van der Waals surface area (Å²) in [7, 11) is -0.796. The van der Waals surface area contributed by atoms with Gasteiger partial charge in [-0.3, -0.25) is 9.52 Å². The van der Waals surface area contributed by atoms with Gasteiger partial charge in [0.15, 0.2) is 0 Å². The predicted molar refractivity (Wildman–Crippen MR) is 102 cm³/mol. The van der Waals surface area contributed by atoms with Crippen LogP contribution in [0.5, 0.6) is 5.75 Å². The van der Waals surface area contributed by atoms with Gasteiger partial charge >= 0.3 is 0 Å². The van der Waals surface area contributed by atoms with Crippen molar-refractivity contribution in [3.05, 3.63) is 52.5 Å². The summed E-state index contributed by atoms with van der Waals surface area (Å²) in [6.07, 6.45) is 0. The van der Waals surface area contributed by atoms with Crippen molar-refractivity contribution in [2.45, 2.75) is 4.90 Å². The molecule has 140 valence electrons. The predicted octanol–water partition coefficient (Wildman–Crippen LogP) is 2.63. The first-order chi connectivity index (χ1) is 12.4. The number of rotatable bonds is 8. The van der Waals surface area contributed by atoms with Crippen LogP contribution in [-0.2, 0) is 14.8 Å². The maximum Gasteiger partial charge on any atom is 0.261 e. The Morgan fingerprint density at radius 2 is 1.92 bits per heavy atom. The first-order valence-corrected chi connectivity index (χ1v) is 9.88. The molecule has 0 heterocycles. The Labute approximate surface area is 160 Å². The molecule has 9 heteroatoms. The molecule has 26 heavy (non-hydrogen) atoms. The fourth-order valence-corrected chi connectivity index (χ4v) is 3.75. The summed E-state index contributed by atoms with van der Waals surface area (Å²) >= 11 is 3.31. The highest BCUT2D eigenvalue weighted by Crippen LogP contribution is 2.28. The lowest BCUT2D eigenvalue weighted by atomic mass is 10.2. The number of halogens is 1. The Hall–Kier alpha value is -2.10. The molecule has 0 fully saturated rings. The molecule has 0 radical (unpaired) electrons. The van der Waals surface area contributed by atoms with E-state index in [2.05, 4.69) is 26.0 Å². The van der Waals surface area contributed by atoms with E-state index in [1.165, 1.54) is 32.4 Å². The van der Waals surface area contributed by atoms with E-state index < -0.39 is 10.0 Å². The lowest BCUT2D eigenvalue weighted by Crippen LogP contribution is -2.27. The SMILES string of the molecule is COCCNC(=O)c1cccc(S(=O)(=O)Nc2ccc(OC)c(Br)c2)c1. The highest BCUT2D eigenvalue weighted by atomic mass is 79.9. The van der Waals surface area contributed by atoms with Gasteiger partial charge in [-0.05, 0) is 52.3 Å². The van der Waals surface area contributed by atoms with Crippen LogP contribution in [0.3, 0.4) is 0 Å². The summed E-state index contributed by atoms with van der Waals surface area (Å²) < 4.78 is 38.3. The Morgan fingerprint density at radius 3 is 2.58 bits per heavy atom. The van der Waals surface area contributed by atoms with Crippen molar-refractivity contribution in [1.29, 1.82) is 0 Å². The Kier molecular flexibility index (Phi) is 7.01. The van der Waals surface area contributed by atoms with Crippen molar-refractivity contribution in [3.8, 4) is 5.75 Å². The number of amides is 1. The van der Waals surface area contributed by atoms with Crippen molar-refractivity contribution < 1.29 is 22.7 Å². The third-order valence-electron chi connectivity index (χ3n) is 3.40. The van der Waals surface area contributed by atoms with Gasteiger partial charge in [0.25, 0.3) is 15.9 Å². The number of benzene rings is 2. The number of hydrogen-bond donors (Lipinski definition) is 2. The van der Waals surface area contributed by atoms with Crippen LogP contribution in [0.15, 0.2) is 51.8 Å². The van der Waals surface area contributed by atoms with Gasteiger partial charge in [0.2, 0.25) is 0 Å². The monoisotopic (exact) mass is 442 g/mol. The minimum atomic E-state index is -3.85. The Balaban J connectivity index is 2.19. The zero-order chi connectivity index (χ0) is 19.2. The van der Waals surface area contributed by atoms with Crippen molar-refractivity contribution in [2.75, 3.05) is 32.1 Å². The lowest BCUT2D eigenvalue weighted by Gasteiger charge is -2.11. The van der Waals surface area contributed by atoms with Gasteiger partial charge in [0.05, 0.1) is 28.8 Å². The van der Waals surface area contributed by atoms with Crippen LogP contribution in [0.2, 0.25) is 0 Å². The quantitative estimate of drug-likeness (QED) is 0.612. The van der Waals surface area contributed by atoms with Crippen molar-refractivity contribution >= 4 is 37.5 Å². The largest absolute Gasteiger partial charge is 0.496 e. The zero-order valence-electron chi connectivity index (χ0n) is 14.3. The van der Waals surface area contributed by atoms with E-state index >= 15 is 0 Å². The first kappa shape index (κ1) is 20.2. The van der Waals surface area contributed by atoms with Crippen LogP contribution in [0.4, 0.5) is 5.69 Å². The molecule has 2 aromatic carbocycles. The van der Waals surface area contributed by atoms with Crippen molar-refractivity contribution in [1.82, 2.24) is 5.32 Å². The van der Waals surface area contributed by atoms with E-state index in [9.17, 15) is 13.2 Å². The third-order valence-corrected chi connectivity index (χ3v) is 5.40. The standard InChI is InChI=1S/C17H19BrN2O5S/c1-24-9-8-19-17(21)12-4-3-5-14(10-12)26(22,23)20-13-6-7-16(25-2)15(18)11-13/h3-7,10-11,20H,8-9H2,1-2H3,(H,19,21). The van der Waals surface area contributed by atoms with Crippen LogP contribution in [0.1, 0.15) is 10.4 Å². The van der Waals surface area contributed by atoms with Gasteiger partial charge < -0.3 is 14.8 Å². The van der Waals surface area contributed by atoms with Crippen LogP contribution in [-0.4, -0.2) is 41.7 Å². The molecule has 0 spiro atoms. The van der Waals surface area contributed by atoms with Crippen molar-refractivity contribution in [3.63, 3.8) is 0 Å². The molecule has 0 unspecified atom stereocenters. The Bertz CT molecular complexity index is 886. The van der Waals surface area contributed by atoms with E-state index in [1.807, 2.05) is 0 Å². The smallest absolute Gasteiger partial charge is 0.261 e. The number of sulfonamides is 1. The molecule has 0 aromatic heterocycles. The number of anilines is 1. The van der Waals surface area contributed by atoms with Gasteiger partial charge in [-0.25, -0.2) is 8.42 Å². The maximum atomic E-state index is 12.6. The van der Waals surface area contributed by atoms with E-state index in [1.54, 1.807) is 24.3 Å². The topological polar surface area (TPSA) is 93.7 Å². The molecule has 0 saturated carbocycles. The maximum absolute atomic E-state index is 12.6. The van der Waals surface area contributed by atoms with Gasteiger partial charge in [0.1, 0.15) is 5.75 Å². The summed E-state index contributed by atoms with van der Waals surface area (Å²) in [5.41, 5.74) is 0.618. The fourth-order valence-electron chi connectivity index (χ4n) is 2.12. The highest BCUT2D eigenvalue weighted by Gasteiger charge is 2.17. The molecule has 0 aliphatic rings. The van der Waals surface area contributed by atoms with E-state index in [4.69, 9.17) is 9.47 Å². The second kappa shape index (κ2) is 9.02. The van der Waals surface area contributed by atoms with Crippen LogP contribution < -0.4 is 14.8 Å². The van der Waals surface area contributed by atoms with E-state index in [0.29, 0.717) is 29.1 Å². The van der Waals surface area contributed by atoms with E-state index in [-0.39, 0.29) is 16.4 Å². The molecule has 0 atom stereocenters. The second-order valence-electron chi connectivity index (χ2n) is 5.23. The summed E-state index contributed by atoms with van der Waals surface area (Å²) in [6.45, 7) is 0.710. The Morgan fingerprint density at radius 1 is 1.15 bits per heavy atom. The summed E-state index contributed by atoms with van der Waals surface area (Å²) in [5, 5.41) is 2.65. The minimum absolute atomic E-state index is 0.0103. The number of carbonyl (C=O) groups excluding carboxylic acids is 1. The molecule has 0 bridgehead atoms. The molecule has 0 aliphatic heterocycles. The number of nitrogens with one attached hydrogen (secondary N) is 2. The van der Waals surface area contributed by atoms with Gasteiger partial charge in [-0.2, -0.15) is 0 Å². The number of ether oxygens (including phenoxy) is 2. The molecule has 0 aliphatic carbocycles. The number of hydrogen-bond acceptors (Lipinski definition) is 5. The molecule has 2 rings (SSSR count). The molecule has 2 N–H and O–H groups in total. The average Bonchev–Trinajstić information content (AvgIpc) is 2.62. The van der Waals surface area contributed by atoms with Crippen molar-refractivity contribution in [2.24, 2.45) is 0 Å². The summed E-state index contributed by atoms with van der Waals surface area (Å²) in [4.78, 5) is 12.1. The van der Waals surface area contributed by atoms with Crippen LogP contribution in [0, 0.1) is 0 Å². The molecular weight excluding hydrogens is 424 g/mol. The van der Waals surface area contributed by atoms with E-state index in [0.717, 1.165) is 0 Å².